The zero-order chi connectivity index (χ0) is 9.26. The van der Waals surface area contributed by atoms with Gasteiger partial charge in [0, 0.05) is 9.46 Å². The molecule has 1 heterocycles. The van der Waals surface area contributed by atoms with Crippen molar-refractivity contribution >= 4 is 35.7 Å². The van der Waals surface area contributed by atoms with E-state index < -0.39 is 0 Å². The molecule has 1 atom stereocenters. The Bertz CT molecular complexity index is 265. The number of thiol groups is 1. The highest BCUT2D eigenvalue weighted by Crippen LogP contribution is 2.37. The monoisotopic (exact) mass is 230 g/mol. The third-order valence-corrected chi connectivity index (χ3v) is 4.84. The smallest absolute Gasteiger partial charge is 0.0614 e. The van der Waals surface area contributed by atoms with Gasteiger partial charge in [0.1, 0.15) is 0 Å². The molecule has 0 spiro atoms. The van der Waals surface area contributed by atoms with Crippen molar-refractivity contribution in [2.75, 3.05) is 0 Å². The molecule has 2 rings (SSSR count). The molecule has 0 aliphatic heterocycles. The lowest BCUT2D eigenvalue weighted by atomic mass is 10.00. The van der Waals surface area contributed by atoms with E-state index in [1.165, 1.54) is 29.9 Å². The summed E-state index contributed by atoms with van der Waals surface area (Å²) in [5.41, 5.74) is 1.60. The molecule has 0 bridgehead atoms. The van der Waals surface area contributed by atoms with Gasteiger partial charge in [-0.3, -0.25) is 0 Å². The van der Waals surface area contributed by atoms with Crippen LogP contribution < -0.4 is 0 Å². The molecule has 1 aliphatic carbocycles. The fourth-order valence-electron chi connectivity index (χ4n) is 1.69. The molecule has 0 saturated heterocycles. The lowest BCUT2D eigenvalue weighted by Gasteiger charge is -2.08. The SMILES string of the molecule is CC(S)Sc1cc2c(s1)CCCC2. The van der Waals surface area contributed by atoms with Gasteiger partial charge in [0.2, 0.25) is 0 Å². The largest absolute Gasteiger partial charge is 0.165 e. The normalized spacial score (nSPS) is 18.3. The highest BCUT2D eigenvalue weighted by atomic mass is 32.2. The first-order chi connectivity index (χ1) is 6.25. The van der Waals surface area contributed by atoms with Crippen LogP contribution in [0.15, 0.2) is 10.3 Å². The van der Waals surface area contributed by atoms with Gasteiger partial charge in [0.05, 0.1) is 4.21 Å². The van der Waals surface area contributed by atoms with Crippen LogP contribution in [0.2, 0.25) is 0 Å². The van der Waals surface area contributed by atoms with Crippen LogP contribution in [-0.4, -0.2) is 4.58 Å². The van der Waals surface area contributed by atoms with E-state index in [9.17, 15) is 0 Å². The molecule has 0 saturated carbocycles. The summed E-state index contributed by atoms with van der Waals surface area (Å²) in [6.45, 7) is 2.13. The minimum Gasteiger partial charge on any atom is -0.165 e. The van der Waals surface area contributed by atoms with Gasteiger partial charge < -0.3 is 0 Å². The van der Waals surface area contributed by atoms with Gasteiger partial charge in [-0.15, -0.1) is 23.1 Å². The van der Waals surface area contributed by atoms with Crippen molar-refractivity contribution in [1.82, 2.24) is 0 Å². The average molecular weight is 230 g/mol. The Morgan fingerprint density at radius 1 is 1.46 bits per heavy atom. The maximum absolute atomic E-state index is 4.40. The first-order valence-corrected chi connectivity index (χ1v) is 6.93. The van der Waals surface area contributed by atoms with Crippen LogP contribution in [0.4, 0.5) is 0 Å². The molecule has 3 heteroatoms. The Morgan fingerprint density at radius 3 is 2.92 bits per heavy atom. The predicted octanol–water partition coefficient (Wildman–Crippen LogP) is 3.99. The van der Waals surface area contributed by atoms with E-state index in [1.807, 2.05) is 23.1 Å². The molecule has 1 aromatic rings. The molecule has 72 valence electrons. The van der Waals surface area contributed by atoms with E-state index in [4.69, 9.17) is 0 Å². The van der Waals surface area contributed by atoms with Crippen molar-refractivity contribution in [2.24, 2.45) is 0 Å². The van der Waals surface area contributed by atoms with Crippen molar-refractivity contribution in [1.29, 1.82) is 0 Å². The zero-order valence-electron chi connectivity index (χ0n) is 7.75. The standard InChI is InChI=1S/C10H14S3/c1-7(11)12-10-6-8-4-2-3-5-9(8)13-10/h6-7,11H,2-5H2,1H3. The number of fused-ring (bicyclic) bond motifs is 1. The van der Waals surface area contributed by atoms with E-state index in [2.05, 4.69) is 25.6 Å². The van der Waals surface area contributed by atoms with Crippen molar-refractivity contribution in [3.05, 3.63) is 16.5 Å². The quantitative estimate of drug-likeness (QED) is 0.455. The van der Waals surface area contributed by atoms with Gasteiger partial charge in [-0.1, -0.05) is 0 Å². The van der Waals surface area contributed by atoms with Gasteiger partial charge in [0.15, 0.2) is 0 Å². The Labute approximate surface area is 93.5 Å². The molecule has 1 aliphatic rings. The lowest BCUT2D eigenvalue weighted by Crippen LogP contribution is -1.96. The van der Waals surface area contributed by atoms with E-state index in [-0.39, 0.29) is 0 Å². The molecule has 0 N–H and O–H groups in total. The van der Waals surface area contributed by atoms with Crippen LogP contribution in [-0.2, 0) is 12.8 Å². The molecule has 13 heavy (non-hydrogen) atoms. The Kier molecular flexibility index (Phi) is 3.27. The van der Waals surface area contributed by atoms with Crippen LogP contribution in [0.25, 0.3) is 0 Å². The summed E-state index contributed by atoms with van der Waals surface area (Å²) < 4.78 is 1.87. The van der Waals surface area contributed by atoms with Crippen LogP contribution in [0.5, 0.6) is 0 Å². The summed E-state index contributed by atoms with van der Waals surface area (Å²) in [5.74, 6) is 0. The molecule has 0 nitrogen and oxygen atoms in total. The highest BCUT2D eigenvalue weighted by molar-refractivity contribution is 8.11. The molecule has 0 aromatic carbocycles. The minimum atomic E-state index is 0.417. The van der Waals surface area contributed by atoms with E-state index >= 15 is 0 Å². The molecule has 0 amide bonds. The number of hydrogen-bond donors (Lipinski definition) is 1. The third-order valence-electron chi connectivity index (χ3n) is 2.26. The van der Waals surface area contributed by atoms with Crippen molar-refractivity contribution in [3.8, 4) is 0 Å². The van der Waals surface area contributed by atoms with E-state index in [0.717, 1.165) is 0 Å². The minimum absolute atomic E-state index is 0.417. The van der Waals surface area contributed by atoms with Gasteiger partial charge in [-0.05, 0) is 44.2 Å². The summed E-state index contributed by atoms with van der Waals surface area (Å²) >= 11 is 8.25. The van der Waals surface area contributed by atoms with Gasteiger partial charge >= 0.3 is 0 Å². The number of thioether (sulfide) groups is 1. The maximum atomic E-state index is 4.40. The van der Waals surface area contributed by atoms with Crippen LogP contribution in [0, 0.1) is 0 Å². The summed E-state index contributed by atoms with van der Waals surface area (Å²) in [6, 6.07) is 2.37. The summed E-state index contributed by atoms with van der Waals surface area (Å²) in [5, 5.41) is 0. The first-order valence-electron chi connectivity index (χ1n) is 4.72. The van der Waals surface area contributed by atoms with E-state index in [1.54, 1.807) is 10.4 Å². The predicted molar refractivity (Wildman–Crippen MR) is 65.3 cm³/mol. The highest BCUT2D eigenvalue weighted by Gasteiger charge is 2.13. The summed E-state index contributed by atoms with van der Waals surface area (Å²) in [4.78, 5) is 1.63. The maximum Gasteiger partial charge on any atom is 0.0614 e. The molecule has 1 aromatic heterocycles. The van der Waals surface area contributed by atoms with E-state index in [0.29, 0.717) is 4.58 Å². The zero-order valence-corrected chi connectivity index (χ0v) is 10.3. The van der Waals surface area contributed by atoms with Crippen LogP contribution >= 0.6 is 35.7 Å². The van der Waals surface area contributed by atoms with Crippen LogP contribution in [0.1, 0.15) is 30.2 Å². The number of rotatable bonds is 2. The Hall–Kier alpha value is 0.400. The molecular formula is C10H14S3. The second-order valence-electron chi connectivity index (χ2n) is 3.44. The Balaban J connectivity index is 2.15. The first kappa shape index (κ1) is 9.94. The number of thiophene rings is 1. The fraction of sp³-hybridized carbons (Fsp3) is 0.600. The second kappa shape index (κ2) is 4.28. The van der Waals surface area contributed by atoms with Crippen molar-refractivity contribution in [3.63, 3.8) is 0 Å². The van der Waals surface area contributed by atoms with Crippen LogP contribution in [0.3, 0.4) is 0 Å². The molecule has 0 radical (unpaired) electrons. The van der Waals surface area contributed by atoms with Crippen molar-refractivity contribution < 1.29 is 0 Å². The van der Waals surface area contributed by atoms with Gasteiger partial charge in [-0.2, -0.15) is 12.6 Å². The molecule has 0 fully saturated rings. The number of hydrogen-bond acceptors (Lipinski definition) is 3. The fourth-order valence-corrected chi connectivity index (χ4v) is 4.70. The Morgan fingerprint density at radius 2 is 2.23 bits per heavy atom. The molecule has 1 unspecified atom stereocenters. The summed E-state index contributed by atoms with van der Waals surface area (Å²) in [7, 11) is 0. The topological polar surface area (TPSA) is 0 Å². The average Bonchev–Trinajstić information content (AvgIpc) is 2.44. The lowest BCUT2D eigenvalue weighted by molar-refractivity contribution is 0.697. The van der Waals surface area contributed by atoms with Gasteiger partial charge in [-0.25, -0.2) is 0 Å². The second-order valence-corrected chi connectivity index (χ2v) is 7.34. The van der Waals surface area contributed by atoms with Gasteiger partial charge in [0.25, 0.3) is 0 Å². The summed E-state index contributed by atoms with van der Waals surface area (Å²) in [6.07, 6.45) is 5.37. The van der Waals surface area contributed by atoms with Crippen molar-refractivity contribution in [2.45, 2.75) is 41.4 Å². The third kappa shape index (κ3) is 2.45. The number of aryl methyl sites for hydroxylation is 2. The molecular weight excluding hydrogens is 216 g/mol.